The van der Waals surface area contributed by atoms with Crippen molar-refractivity contribution in [1.82, 2.24) is 4.90 Å². The van der Waals surface area contributed by atoms with E-state index in [0.29, 0.717) is 0 Å². The van der Waals surface area contributed by atoms with Crippen LogP contribution >= 0.6 is 0 Å². The Morgan fingerprint density at radius 1 is 0.879 bits per heavy atom. The molecule has 0 saturated carbocycles. The van der Waals surface area contributed by atoms with E-state index in [1.54, 1.807) is 28.4 Å². The summed E-state index contributed by atoms with van der Waals surface area (Å²) in [6.45, 7) is 0.998. The molecule has 6 heteroatoms. The van der Waals surface area contributed by atoms with Gasteiger partial charge in [0.25, 0.3) is 0 Å². The van der Waals surface area contributed by atoms with E-state index in [4.69, 9.17) is 23.7 Å². The third-order valence-electron chi connectivity index (χ3n) is 9.32. The van der Waals surface area contributed by atoms with Gasteiger partial charge in [-0.1, -0.05) is 12.1 Å². The minimum Gasteiger partial charge on any atom is -0.496 e. The SMILES string of the molecule is COc1ccc2c3c1O[C@H]1[C@]34CCN(C)[C@H](C2)[C@]42C=C[C@@]1(OC)c1c(OC)ccc(OC)c12. The van der Waals surface area contributed by atoms with Gasteiger partial charge in [-0.15, -0.1) is 0 Å². The van der Waals surface area contributed by atoms with Crippen molar-refractivity contribution >= 4 is 0 Å². The van der Waals surface area contributed by atoms with Gasteiger partial charge < -0.3 is 28.6 Å². The average molecular weight is 448 g/mol. The second-order valence-electron chi connectivity index (χ2n) is 9.97. The van der Waals surface area contributed by atoms with Crippen molar-refractivity contribution < 1.29 is 23.7 Å². The van der Waals surface area contributed by atoms with Crippen LogP contribution in [-0.4, -0.2) is 59.1 Å². The highest BCUT2D eigenvalue weighted by Crippen LogP contribution is 2.75. The van der Waals surface area contributed by atoms with Gasteiger partial charge in [0.05, 0.1) is 26.7 Å². The number of hydrogen-bond donors (Lipinski definition) is 0. The number of ether oxygens (including phenoxy) is 5. The summed E-state index contributed by atoms with van der Waals surface area (Å²) >= 11 is 0. The van der Waals surface area contributed by atoms with Crippen LogP contribution in [0.15, 0.2) is 36.4 Å². The number of likely N-dealkylation sites (N-methyl/N-ethyl adjacent to an activating group) is 1. The van der Waals surface area contributed by atoms with Gasteiger partial charge in [0, 0.05) is 35.3 Å². The van der Waals surface area contributed by atoms with E-state index < -0.39 is 5.60 Å². The Kier molecular flexibility index (Phi) is 3.62. The molecule has 33 heavy (non-hydrogen) atoms. The minimum atomic E-state index is -0.796. The molecule has 5 atom stereocenters. The quantitative estimate of drug-likeness (QED) is 0.671. The molecular weight excluding hydrogens is 418 g/mol. The summed E-state index contributed by atoms with van der Waals surface area (Å²) in [6, 6.07) is 8.59. The lowest BCUT2D eigenvalue weighted by Gasteiger charge is -2.69. The maximum absolute atomic E-state index is 6.97. The van der Waals surface area contributed by atoms with Gasteiger partial charge >= 0.3 is 0 Å². The summed E-state index contributed by atoms with van der Waals surface area (Å²) in [6.07, 6.45) is 6.32. The maximum Gasteiger partial charge on any atom is 0.166 e. The van der Waals surface area contributed by atoms with E-state index in [0.717, 1.165) is 47.9 Å². The zero-order valence-corrected chi connectivity index (χ0v) is 19.7. The predicted molar refractivity (Wildman–Crippen MR) is 123 cm³/mol. The molecule has 0 N–H and O–H groups in total. The Bertz CT molecular complexity index is 1240. The van der Waals surface area contributed by atoms with Gasteiger partial charge in [0.1, 0.15) is 17.6 Å². The summed E-state index contributed by atoms with van der Waals surface area (Å²) in [5.41, 5.74) is 3.47. The first-order chi connectivity index (χ1) is 16.0. The van der Waals surface area contributed by atoms with Crippen LogP contribution in [0.3, 0.4) is 0 Å². The fraction of sp³-hybridized carbons (Fsp3) is 0.481. The molecule has 2 aromatic rings. The van der Waals surface area contributed by atoms with Gasteiger partial charge in [-0.25, -0.2) is 0 Å². The average Bonchev–Trinajstić information content (AvgIpc) is 3.22. The van der Waals surface area contributed by atoms with Crippen LogP contribution in [0.4, 0.5) is 0 Å². The Morgan fingerprint density at radius 2 is 1.58 bits per heavy atom. The molecule has 6 nitrogen and oxygen atoms in total. The van der Waals surface area contributed by atoms with E-state index in [1.165, 1.54) is 16.7 Å². The molecule has 2 aromatic carbocycles. The fourth-order valence-corrected chi connectivity index (χ4v) is 8.18. The van der Waals surface area contributed by atoms with Gasteiger partial charge in [0.2, 0.25) is 0 Å². The number of piperidine rings is 1. The predicted octanol–water partition coefficient (Wildman–Crippen LogP) is 3.33. The Balaban J connectivity index is 1.69. The Hall–Kier alpha value is -2.70. The summed E-state index contributed by atoms with van der Waals surface area (Å²) < 4.78 is 31.3. The van der Waals surface area contributed by atoms with Crippen LogP contribution in [0.1, 0.15) is 28.7 Å². The minimum absolute atomic E-state index is 0.227. The van der Waals surface area contributed by atoms with Crippen molar-refractivity contribution in [2.75, 3.05) is 42.0 Å². The van der Waals surface area contributed by atoms with Crippen LogP contribution in [-0.2, 0) is 27.6 Å². The van der Waals surface area contributed by atoms with Crippen molar-refractivity contribution in [1.29, 1.82) is 0 Å². The van der Waals surface area contributed by atoms with Crippen molar-refractivity contribution in [2.45, 2.75) is 41.4 Å². The molecule has 0 radical (unpaired) electrons. The fourth-order valence-electron chi connectivity index (χ4n) is 8.18. The molecule has 4 bridgehead atoms. The van der Waals surface area contributed by atoms with Crippen molar-refractivity contribution in [3.63, 3.8) is 0 Å². The van der Waals surface area contributed by atoms with E-state index >= 15 is 0 Å². The van der Waals surface area contributed by atoms with E-state index in [-0.39, 0.29) is 23.0 Å². The number of likely N-dealkylation sites (tertiary alicyclic amines) is 1. The number of benzene rings is 2. The van der Waals surface area contributed by atoms with E-state index in [1.807, 2.05) is 12.1 Å². The number of hydrogen-bond acceptors (Lipinski definition) is 6. The molecule has 2 heterocycles. The summed E-state index contributed by atoms with van der Waals surface area (Å²) in [5.74, 6) is 3.36. The van der Waals surface area contributed by atoms with Crippen LogP contribution in [0.25, 0.3) is 0 Å². The van der Waals surface area contributed by atoms with Crippen molar-refractivity contribution in [2.24, 2.45) is 0 Å². The van der Waals surface area contributed by atoms with E-state index in [9.17, 15) is 0 Å². The van der Waals surface area contributed by atoms with Gasteiger partial charge in [-0.05, 0) is 56.3 Å². The monoisotopic (exact) mass is 447 g/mol. The first kappa shape index (κ1) is 19.7. The van der Waals surface area contributed by atoms with Gasteiger partial charge in [-0.2, -0.15) is 0 Å². The van der Waals surface area contributed by atoms with E-state index in [2.05, 4.69) is 36.2 Å². The highest BCUT2D eigenvalue weighted by atomic mass is 16.6. The van der Waals surface area contributed by atoms with Crippen LogP contribution in [0.2, 0.25) is 0 Å². The van der Waals surface area contributed by atoms with Crippen LogP contribution in [0, 0.1) is 0 Å². The van der Waals surface area contributed by atoms with Crippen LogP contribution < -0.4 is 18.9 Å². The molecule has 0 aromatic heterocycles. The molecule has 172 valence electrons. The van der Waals surface area contributed by atoms with Gasteiger partial charge in [-0.3, -0.25) is 0 Å². The highest BCUT2D eigenvalue weighted by molar-refractivity contribution is 5.75. The molecule has 1 fully saturated rings. The number of rotatable bonds is 4. The second-order valence-corrected chi connectivity index (χ2v) is 9.97. The largest absolute Gasteiger partial charge is 0.496 e. The maximum atomic E-state index is 6.97. The molecule has 2 spiro atoms. The normalized spacial score (nSPS) is 36.2. The molecular formula is C27H29NO5. The van der Waals surface area contributed by atoms with Crippen molar-refractivity contribution in [3.05, 3.63) is 58.7 Å². The molecule has 8 rings (SSSR count). The lowest BCUT2D eigenvalue weighted by molar-refractivity contribution is -0.145. The molecule has 6 aliphatic rings. The zero-order chi connectivity index (χ0) is 22.8. The Morgan fingerprint density at radius 3 is 2.27 bits per heavy atom. The first-order valence-corrected chi connectivity index (χ1v) is 11.6. The highest BCUT2D eigenvalue weighted by Gasteiger charge is 2.79. The van der Waals surface area contributed by atoms with Crippen LogP contribution in [0.5, 0.6) is 23.0 Å². The summed E-state index contributed by atoms with van der Waals surface area (Å²) in [7, 11) is 9.23. The number of methoxy groups -OCH3 is 4. The third kappa shape index (κ3) is 1.79. The number of nitrogens with zero attached hydrogens (tertiary/aromatic N) is 1. The summed E-state index contributed by atoms with van der Waals surface area (Å²) in [4.78, 5) is 2.52. The zero-order valence-electron chi connectivity index (χ0n) is 19.7. The second kappa shape index (κ2) is 6.05. The smallest absolute Gasteiger partial charge is 0.166 e. The first-order valence-electron chi connectivity index (χ1n) is 11.6. The molecule has 0 amide bonds. The van der Waals surface area contributed by atoms with Gasteiger partial charge in [0.15, 0.2) is 17.1 Å². The third-order valence-corrected chi connectivity index (χ3v) is 9.32. The molecule has 0 unspecified atom stereocenters. The topological polar surface area (TPSA) is 49.4 Å². The molecule has 1 saturated heterocycles. The Labute approximate surface area is 194 Å². The standard InChI is InChI=1S/C27H29NO5/c1-28-13-12-26-20-15-6-7-18(31-4)23(20)33-24(26)27(32-5)11-10-25(26,19(28)14-15)21-16(29-2)8-9-17(30-3)22(21)27/h6-11,19,24H,12-14H2,1-5H3/t19-,24+,25+,26+,27-/m1/s1. The molecule has 4 aliphatic carbocycles. The molecule has 2 aliphatic heterocycles. The lowest BCUT2D eigenvalue weighted by Crippen LogP contribution is -2.77. The lowest BCUT2D eigenvalue weighted by atomic mass is 9.37. The van der Waals surface area contributed by atoms with Crippen molar-refractivity contribution in [3.8, 4) is 23.0 Å². The summed E-state index contributed by atoms with van der Waals surface area (Å²) in [5, 5.41) is 0.